The van der Waals surface area contributed by atoms with Crippen LogP contribution in [0.3, 0.4) is 0 Å². The van der Waals surface area contributed by atoms with Gasteiger partial charge in [0.2, 0.25) is 0 Å². The molecule has 0 amide bonds. The van der Waals surface area contributed by atoms with Crippen LogP contribution in [0.2, 0.25) is 0 Å². The smallest absolute Gasteiger partial charge is 0.169 e. The van der Waals surface area contributed by atoms with Crippen LogP contribution in [-0.2, 0) is 0 Å². The first-order valence-corrected chi connectivity index (χ1v) is 5.60. The van der Waals surface area contributed by atoms with Crippen molar-refractivity contribution in [3.05, 3.63) is 53.6 Å². The largest absolute Gasteiger partial charge is 0.493 e. The maximum atomic E-state index is 10.6. The number of aryl methyl sites for hydroxylation is 1. The molecule has 92 valence electrons. The number of methoxy groups -OCH3 is 1. The van der Waals surface area contributed by atoms with Crippen LogP contribution < -0.4 is 9.47 Å². The van der Waals surface area contributed by atoms with Gasteiger partial charge < -0.3 is 9.47 Å². The molecule has 0 aliphatic heterocycles. The normalized spacial score (nSPS) is 9.89. The summed E-state index contributed by atoms with van der Waals surface area (Å²) in [6, 6.07) is 12.7. The molecule has 18 heavy (non-hydrogen) atoms. The van der Waals surface area contributed by atoms with Crippen molar-refractivity contribution < 1.29 is 14.3 Å². The minimum atomic E-state index is 0.623. The van der Waals surface area contributed by atoms with Gasteiger partial charge in [-0.25, -0.2) is 0 Å². The summed E-state index contributed by atoms with van der Waals surface area (Å²) in [5, 5.41) is 0. The van der Waals surface area contributed by atoms with Gasteiger partial charge in [-0.3, -0.25) is 4.79 Å². The molecule has 0 bridgehead atoms. The van der Waals surface area contributed by atoms with Crippen LogP contribution >= 0.6 is 0 Å². The second kappa shape index (κ2) is 5.36. The summed E-state index contributed by atoms with van der Waals surface area (Å²) in [5.74, 6) is 2.01. The SMILES string of the molecule is COc1cc(C)ccc1Oc1ccc(C=O)cc1. The van der Waals surface area contributed by atoms with Crippen molar-refractivity contribution >= 4 is 6.29 Å². The van der Waals surface area contributed by atoms with E-state index >= 15 is 0 Å². The molecule has 0 aromatic heterocycles. The lowest BCUT2D eigenvalue weighted by molar-refractivity contribution is 0.112. The first-order valence-electron chi connectivity index (χ1n) is 5.60. The molecule has 0 atom stereocenters. The molecule has 0 aliphatic rings. The maximum absolute atomic E-state index is 10.6. The fourth-order valence-corrected chi connectivity index (χ4v) is 1.60. The number of benzene rings is 2. The van der Waals surface area contributed by atoms with Crippen molar-refractivity contribution in [2.45, 2.75) is 6.92 Å². The molecule has 3 heteroatoms. The van der Waals surface area contributed by atoms with Crippen molar-refractivity contribution in [3.63, 3.8) is 0 Å². The summed E-state index contributed by atoms with van der Waals surface area (Å²) in [5.41, 5.74) is 1.73. The van der Waals surface area contributed by atoms with E-state index in [9.17, 15) is 4.79 Å². The predicted octanol–water partition coefficient (Wildman–Crippen LogP) is 3.61. The van der Waals surface area contributed by atoms with Crippen molar-refractivity contribution in [2.24, 2.45) is 0 Å². The summed E-state index contributed by atoms with van der Waals surface area (Å²) < 4.78 is 11.0. The number of hydrogen-bond donors (Lipinski definition) is 0. The molecule has 3 nitrogen and oxygen atoms in total. The van der Waals surface area contributed by atoms with Gasteiger partial charge in [0.15, 0.2) is 11.5 Å². The number of carbonyl (C=O) groups excluding carboxylic acids is 1. The molecule has 2 rings (SSSR count). The van der Waals surface area contributed by atoms with Crippen LogP contribution in [0.4, 0.5) is 0 Å². The zero-order valence-electron chi connectivity index (χ0n) is 10.3. The minimum Gasteiger partial charge on any atom is -0.493 e. The van der Waals surface area contributed by atoms with E-state index in [1.807, 2.05) is 25.1 Å². The molecule has 0 saturated carbocycles. The van der Waals surface area contributed by atoms with E-state index in [0.717, 1.165) is 11.8 Å². The van der Waals surface area contributed by atoms with Gasteiger partial charge in [0, 0.05) is 5.56 Å². The number of carbonyl (C=O) groups is 1. The molecule has 2 aromatic rings. The molecule has 0 saturated heterocycles. The predicted molar refractivity (Wildman–Crippen MR) is 69.6 cm³/mol. The zero-order chi connectivity index (χ0) is 13.0. The van der Waals surface area contributed by atoms with Gasteiger partial charge in [-0.15, -0.1) is 0 Å². The summed E-state index contributed by atoms with van der Waals surface area (Å²) in [4.78, 5) is 10.6. The van der Waals surface area contributed by atoms with Gasteiger partial charge in [0.05, 0.1) is 7.11 Å². The van der Waals surface area contributed by atoms with E-state index in [4.69, 9.17) is 9.47 Å². The van der Waals surface area contributed by atoms with Gasteiger partial charge in [0.1, 0.15) is 12.0 Å². The van der Waals surface area contributed by atoms with E-state index in [-0.39, 0.29) is 0 Å². The van der Waals surface area contributed by atoms with Crippen molar-refractivity contribution in [2.75, 3.05) is 7.11 Å². The van der Waals surface area contributed by atoms with E-state index in [1.165, 1.54) is 0 Å². The molecule has 0 radical (unpaired) electrons. The van der Waals surface area contributed by atoms with Crippen molar-refractivity contribution in [1.29, 1.82) is 0 Å². The summed E-state index contributed by atoms with van der Waals surface area (Å²) in [6.07, 6.45) is 0.802. The molecular weight excluding hydrogens is 228 g/mol. The van der Waals surface area contributed by atoms with Gasteiger partial charge in [-0.05, 0) is 48.9 Å². The lowest BCUT2D eigenvalue weighted by Gasteiger charge is -2.10. The lowest BCUT2D eigenvalue weighted by Crippen LogP contribution is -1.91. The molecule has 0 unspecified atom stereocenters. The van der Waals surface area contributed by atoms with Gasteiger partial charge in [-0.2, -0.15) is 0 Å². The average Bonchev–Trinajstić information content (AvgIpc) is 2.41. The monoisotopic (exact) mass is 242 g/mol. The summed E-state index contributed by atoms with van der Waals surface area (Å²) in [6.45, 7) is 1.99. The summed E-state index contributed by atoms with van der Waals surface area (Å²) in [7, 11) is 1.61. The highest BCUT2D eigenvalue weighted by atomic mass is 16.5. The van der Waals surface area contributed by atoms with Crippen LogP contribution in [0.15, 0.2) is 42.5 Å². The van der Waals surface area contributed by atoms with Crippen LogP contribution in [0.5, 0.6) is 17.2 Å². The van der Waals surface area contributed by atoms with E-state index in [0.29, 0.717) is 22.8 Å². The second-order valence-corrected chi connectivity index (χ2v) is 3.94. The fourth-order valence-electron chi connectivity index (χ4n) is 1.60. The van der Waals surface area contributed by atoms with Crippen LogP contribution in [0.25, 0.3) is 0 Å². The first kappa shape index (κ1) is 12.2. The molecule has 0 aliphatic carbocycles. The Kier molecular flexibility index (Phi) is 3.63. The molecule has 0 fully saturated rings. The fraction of sp³-hybridized carbons (Fsp3) is 0.133. The first-order chi connectivity index (χ1) is 8.72. The zero-order valence-corrected chi connectivity index (χ0v) is 10.3. The molecule has 0 N–H and O–H groups in total. The Hall–Kier alpha value is -2.29. The third-order valence-corrected chi connectivity index (χ3v) is 2.56. The quantitative estimate of drug-likeness (QED) is 0.768. The molecular formula is C15H14O3. The lowest BCUT2D eigenvalue weighted by atomic mass is 10.2. The third kappa shape index (κ3) is 2.69. The average molecular weight is 242 g/mol. The number of ether oxygens (including phenoxy) is 2. The van der Waals surface area contributed by atoms with Gasteiger partial charge >= 0.3 is 0 Å². The maximum Gasteiger partial charge on any atom is 0.169 e. The summed E-state index contributed by atoms with van der Waals surface area (Å²) >= 11 is 0. The Morgan fingerprint density at radius 3 is 2.33 bits per heavy atom. The highest BCUT2D eigenvalue weighted by molar-refractivity contribution is 5.74. The number of rotatable bonds is 4. The van der Waals surface area contributed by atoms with E-state index < -0.39 is 0 Å². The number of aldehydes is 1. The Labute approximate surface area is 106 Å². The Morgan fingerprint density at radius 1 is 1.00 bits per heavy atom. The molecule has 0 heterocycles. The van der Waals surface area contributed by atoms with Crippen LogP contribution in [-0.4, -0.2) is 13.4 Å². The third-order valence-electron chi connectivity index (χ3n) is 2.56. The Balaban J connectivity index is 2.24. The van der Waals surface area contributed by atoms with E-state index in [1.54, 1.807) is 31.4 Å². The van der Waals surface area contributed by atoms with Crippen LogP contribution in [0, 0.1) is 6.92 Å². The topological polar surface area (TPSA) is 35.5 Å². The standard InChI is InChI=1S/C15H14O3/c1-11-3-8-14(15(9-11)17-2)18-13-6-4-12(10-16)5-7-13/h3-10H,1-2H3. The minimum absolute atomic E-state index is 0.623. The van der Waals surface area contributed by atoms with Gasteiger partial charge in [0.25, 0.3) is 0 Å². The van der Waals surface area contributed by atoms with Crippen molar-refractivity contribution in [1.82, 2.24) is 0 Å². The molecule has 2 aromatic carbocycles. The highest BCUT2D eigenvalue weighted by Gasteiger charge is 2.05. The van der Waals surface area contributed by atoms with Gasteiger partial charge in [-0.1, -0.05) is 6.07 Å². The van der Waals surface area contributed by atoms with Crippen molar-refractivity contribution in [3.8, 4) is 17.2 Å². The van der Waals surface area contributed by atoms with Crippen LogP contribution in [0.1, 0.15) is 15.9 Å². The van der Waals surface area contributed by atoms with E-state index in [2.05, 4.69) is 0 Å². The highest BCUT2D eigenvalue weighted by Crippen LogP contribution is 2.32. The Morgan fingerprint density at radius 2 is 1.72 bits per heavy atom. The number of hydrogen-bond acceptors (Lipinski definition) is 3. The Bertz CT molecular complexity index is 544. The molecule has 0 spiro atoms. The second-order valence-electron chi connectivity index (χ2n) is 3.94.